The Bertz CT molecular complexity index is 817. The van der Waals surface area contributed by atoms with E-state index in [2.05, 4.69) is 41.9 Å². The van der Waals surface area contributed by atoms with Crippen LogP contribution in [0.25, 0.3) is 11.3 Å². The Morgan fingerprint density at radius 1 is 1.10 bits per heavy atom. The van der Waals surface area contributed by atoms with E-state index in [-0.39, 0.29) is 5.82 Å². The lowest BCUT2D eigenvalue weighted by Gasteiger charge is -2.34. The van der Waals surface area contributed by atoms with E-state index in [1.807, 2.05) is 12.1 Å². The number of halogens is 1. The van der Waals surface area contributed by atoms with Crippen molar-refractivity contribution >= 4 is 0 Å². The minimum absolute atomic E-state index is 0.239. The third kappa shape index (κ3) is 5.22. The lowest BCUT2D eigenvalue weighted by Crippen LogP contribution is -2.37. The molecule has 3 nitrogen and oxygen atoms in total. The highest BCUT2D eigenvalue weighted by Gasteiger charge is 2.53. The van der Waals surface area contributed by atoms with Gasteiger partial charge in [0.05, 0.1) is 11.4 Å². The second-order valence-electron chi connectivity index (χ2n) is 10.4. The molecule has 1 saturated heterocycles. The number of likely N-dealkylation sites (tertiary alicyclic amines) is 1. The second kappa shape index (κ2) is 8.14. The van der Waals surface area contributed by atoms with Crippen LogP contribution < -0.4 is 0 Å². The first kappa shape index (κ1) is 20.5. The Hall–Kier alpha value is -1.81. The summed E-state index contributed by atoms with van der Waals surface area (Å²) in [6.45, 7) is 10.8. The van der Waals surface area contributed by atoms with Gasteiger partial charge in [-0.1, -0.05) is 32.9 Å². The Balaban J connectivity index is 1.23. The van der Waals surface area contributed by atoms with Crippen molar-refractivity contribution in [1.29, 1.82) is 0 Å². The Kier molecular flexibility index (Phi) is 5.74. The first-order chi connectivity index (χ1) is 13.8. The summed E-state index contributed by atoms with van der Waals surface area (Å²) in [6, 6.07) is 10.6. The van der Waals surface area contributed by atoms with Crippen LogP contribution >= 0.6 is 0 Å². The van der Waals surface area contributed by atoms with Gasteiger partial charge in [0.15, 0.2) is 0 Å². The minimum Gasteiger partial charge on any atom is -0.303 e. The van der Waals surface area contributed by atoms with Gasteiger partial charge in [-0.2, -0.15) is 10.2 Å². The summed E-state index contributed by atoms with van der Waals surface area (Å²) in [5.74, 6) is 0.619. The summed E-state index contributed by atoms with van der Waals surface area (Å²) in [4.78, 5) is 2.67. The minimum atomic E-state index is -0.239. The van der Waals surface area contributed by atoms with Crippen LogP contribution in [0.3, 0.4) is 0 Å². The van der Waals surface area contributed by atoms with Crippen molar-refractivity contribution in [2.75, 3.05) is 19.6 Å². The van der Waals surface area contributed by atoms with Crippen LogP contribution in [-0.4, -0.2) is 34.7 Å². The summed E-state index contributed by atoms with van der Waals surface area (Å²) >= 11 is 0. The highest BCUT2D eigenvalue weighted by Crippen LogP contribution is 2.61. The second-order valence-corrected chi connectivity index (χ2v) is 10.4. The predicted octanol–water partition coefficient (Wildman–Crippen LogP) is 5.75. The van der Waals surface area contributed by atoms with Crippen molar-refractivity contribution in [3.63, 3.8) is 0 Å². The van der Waals surface area contributed by atoms with E-state index in [0.29, 0.717) is 10.8 Å². The molecular formula is C25H34FN3. The van der Waals surface area contributed by atoms with E-state index >= 15 is 0 Å². The fraction of sp³-hybridized carbons (Fsp3) is 0.600. The smallest absolute Gasteiger partial charge is 0.123 e. The van der Waals surface area contributed by atoms with Gasteiger partial charge in [-0.25, -0.2) is 4.39 Å². The molecule has 2 heterocycles. The molecule has 29 heavy (non-hydrogen) atoms. The molecule has 1 aromatic carbocycles. The molecule has 2 aromatic rings. The standard InChI is InChI=1S/C25H34FN3/c1-24(2,3)11-14-29-15-12-25(13-16-29)18-20(25)7-8-22-9-10-23(28-27-22)19-5-4-6-21(26)17-19/h4-6,9-10,17,20H,7-8,11-16,18H2,1-3H3. The van der Waals surface area contributed by atoms with Gasteiger partial charge in [0, 0.05) is 5.56 Å². The number of aryl methyl sites for hydroxylation is 1. The third-order valence-corrected chi connectivity index (χ3v) is 6.98. The quantitative estimate of drug-likeness (QED) is 0.623. The number of hydrogen-bond acceptors (Lipinski definition) is 3. The summed E-state index contributed by atoms with van der Waals surface area (Å²) in [5, 5.41) is 8.72. The van der Waals surface area contributed by atoms with E-state index < -0.39 is 0 Å². The predicted molar refractivity (Wildman–Crippen MR) is 116 cm³/mol. The van der Waals surface area contributed by atoms with Crippen molar-refractivity contribution in [2.45, 2.75) is 59.3 Å². The summed E-state index contributed by atoms with van der Waals surface area (Å²) < 4.78 is 13.4. The van der Waals surface area contributed by atoms with E-state index in [1.165, 1.54) is 63.9 Å². The zero-order valence-corrected chi connectivity index (χ0v) is 18.1. The van der Waals surface area contributed by atoms with Gasteiger partial charge in [0.25, 0.3) is 0 Å². The molecule has 2 fully saturated rings. The molecule has 1 aromatic heterocycles. The van der Waals surface area contributed by atoms with E-state index in [1.54, 1.807) is 6.07 Å². The first-order valence-electron chi connectivity index (χ1n) is 11.1. The average molecular weight is 396 g/mol. The van der Waals surface area contributed by atoms with Crippen LogP contribution in [0.5, 0.6) is 0 Å². The molecule has 1 atom stereocenters. The van der Waals surface area contributed by atoms with Crippen molar-refractivity contribution in [3.05, 3.63) is 47.9 Å². The Labute approximate surface area is 174 Å². The van der Waals surface area contributed by atoms with Gasteiger partial charge in [0.1, 0.15) is 5.82 Å². The maximum absolute atomic E-state index is 13.4. The number of nitrogens with zero attached hydrogens (tertiary/aromatic N) is 3. The molecule has 1 aliphatic heterocycles. The van der Waals surface area contributed by atoms with E-state index in [4.69, 9.17) is 0 Å². The topological polar surface area (TPSA) is 29.0 Å². The Morgan fingerprint density at radius 2 is 1.90 bits per heavy atom. The number of piperidine rings is 1. The number of aromatic nitrogens is 2. The van der Waals surface area contributed by atoms with Crippen LogP contribution in [0.15, 0.2) is 36.4 Å². The highest BCUT2D eigenvalue weighted by molar-refractivity contribution is 5.58. The lowest BCUT2D eigenvalue weighted by molar-refractivity contribution is 0.145. The van der Waals surface area contributed by atoms with Crippen molar-refractivity contribution in [1.82, 2.24) is 15.1 Å². The highest BCUT2D eigenvalue weighted by atomic mass is 19.1. The molecule has 1 aliphatic carbocycles. The lowest BCUT2D eigenvalue weighted by atomic mass is 9.88. The molecular weight excluding hydrogens is 361 g/mol. The van der Waals surface area contributed by atoms with E-state index in [9.17, 15) is 4.39 Å². The molecule has 4 heteroatoms. The molecule has 4 rings (SSSR count). The zero-order chi connectivity index (χ0) is 20.5. The van der Waals surface area contributed by atoms with Crippen molar-refractivity contribution < 1.29 is 4.39 Å². The average Bonchev–Trinajstić information content (AvgIpc) is 3.37. The number of rotatable bonds is 6. The molecule has 2 aliphatic rings. The maximum Gasteiger partial charge on any atom is 0.123 e. The Morgan fingerprint density at radius 3 is 2.55 bits per heavy atom. The van der Waals surface area contributed by atoms with Gasteiger partial charge in [0.2, 0.25) is 0 Å². The molecule has 0 N–H and O–H groups in total. The fourth-order valence-corrected chi connectivity index (χ4v) is 4.79. The maximum atomic E-state index is 13.4. The number of hydrogen-bond donors (Lipinski definition) is 0. The zero-order valence-electron chi connectivity index (χ0n) is 18.1. The normalized spacial score (nSPS) is 21.4. The van der Waals surface area contributed by atoms with Gasteiger partial charge in [-0.05, 0) is 99.2 Å². The molecule has 0 amide bonds. The number of benzene rings is 1. The van der Waals surface area contributed by atoms with Crippen LogP contribution in [0.1, 0.15) is 58.6 Å². The molecule has 0 radical (unpaired) electrons. The molecule has 1 saturated carbocycles. The monoisotopic (exact) mass is 395 g/mol. The molecule has 1 spiro atoms. The van der Waals surface area contributed by atoms with Gasteiger partial charge in [-0.15, -0.1) is 0 Å². The van der Waals surface area contributed by atoms with Crippen LogP contribution in [0.2, 0.25) is 0 Å². The molecule has 156 valence electrons. The van der Waals surface area contributed by atoms with Gasteiger partial charge < -0.3 is 4.90 Å². The van der Waals surface area contributed by atoms with Crippen LogP contribution in [0, 0.1) is 22.6 Å². The molecule has 0 bridgehead atoms. The third-order valence-electron chi connectivity index (χ3n) is 6.98. The van der Waals surface area contributed by atoms with Gasteiger partial charge >= 0.3 is 0 Å². The summed E-state index contributed by atoms with van der Waals surface area (Å²) in [5.41, 5.74) is 3.62. The largest absolute Gasteiger partial charge is 0.303 e. The molecule has 1 unspecified atom stereocenters. The fourth-order valence-electron chi connectivity index (χ4n) is 4.79. The SMILES string of the molecule is CC(C)(C)CCN1CCC2(CC1)CC2CCc1ccc(-c2cccc(F)c2)nn1. The van der Waals surface area contributed by atoms with Crippen molar-refractivity contribution in [3.8, 4) is 11.3 Å². The summed E-state index contributed by atoms with van der Waals surface area (Å²) in [7, 11) is 0. The summed E-state index contributed by atoms with van der Waals surface area (Å²) in [6.07, 6.45) is 7.63. The first-order valence-corrected chi connectivity index (χ1v) is 11.1. The van der Waals surface area contributed by atoms with Crippen LogP contribution in [-0.2, 0) is 6.42 Å². The van der Waals surface area contributed by atoms with Crippen LogP contribution in [0.4, 0.5) is 4.39 Å². The van der Waals surface area contributed by atoms with Gasteiger partial charge in [-0.3, -0.25) is 0 Å². The van der Waals surface area contributed by atoms with Crippen molar-refractivity contribution in [2.24, 2.45) is 16.7 Å². The van der Waals surface area contributed by atoms with E-state index in [0.717, 1.165) is 29.3 Å².